The number of hydrogen-bond acceptors (Lipinski definition) is 5. The molecule has 1 unspecified atom stereocenters. The molecular weight excluding hydrogens is 340 g/mol. The van der Waals surface area contributed by atoms with Crippen molar-refractivity contribution < 1.29 is 18.0 Å². The summed E-state index contributed by atoms with van der Waals surface area (Å²) in [6.45, 7) is 3.94. The van der Waals surface area contributed by atoms with E-state index in [0.717, 1.165) is 30.9 Å². The van der Waals surface area contributed by atoms with Crippen LogP contribution >= 0.6 is 0 Å². The Balaban J connectivity index is 1.33. The molecule has 1 aliphatic carbocycles. The first-order valence-electron chi connectivity index (χ1n) is 9.26. The Morgan fingerprint density at radius 2 is 1.96 bits per heavy atom. The summed E-state index contributed by atoms with van der Waals surface area (Å²) in [4.78, 5) is 6.72. The van der Waals surface area contributed by atoms with Crippen LogP contribution in [0, 0.1) is 0 Å². The van der Waals surface area contributed by atoms with E-state index in [-0.39, 0.29) is 18.8 Å². The highest BCUT2D eigenvalue weighted by atomic mass is 19.3. The highest BCUT2D eigenvalue weighted by molar-refractivity contribution is 5.55. The van der Waals surface area contributed by atoms with Gasteiger partial charge in [0.15, 0.2) is 0 Å². The number of nitrogens with zero attached hydrogens (tertiary/aromatic N) is 3. The van der Waals surface area contributed by atoms with E-state index in [0.29, 0.717) is 24.7 Å². The van der Waals surface area contributed by atoms with E-state index in [2.05, 4.69) is 15.0 Å². The van der Waals surface area contributed by atoms with Crippen LogP contribution in [-0.2, 0) is 0 Å². The van der Waals surface area contributed by atoms with Gasteiger partial charge >= 0.3 is 0 Å². The molecule has 140 valence electrons. The first kappa shape index (κ1) is 17.4. The fraction of sp³-hybridized carbons (Fsp3) is 0.579. The highest BCUT2D eigenvalue weighted by Crippen LogP contribution is 2.43. The molecule has 0 spiro atoms. The Hall–Kier alpha value is -2.02. The number of likely N-dealkylation sites (tertiary alicyclic amines) is 1. The van der Waals surface area contributed by atoms with Crippen LogP contribution in [0.2, 0.25) is 0 Å². The molecular formula is C19H23F2N3O2. The molecule has 1 aromatic heterocycles. The van der Waals surface area contributed by atoms with Crippen molar-refractivity contribution in [3.8, 4) is 17.1 Å². The van der Waals surface area contributed by atoms with Crippen LogP contribution in [0.15, 0.2) is 28.8 Å². The summed E-state index contributed by atoms with van der Waals surface area (Å²) in [5.74, 6) is -1.43. The van der Waals surface area contributed by atoms with Crippen molar-refractivity contribution in [3.63, 3.8) is 0 Å². The molecule has 26 heavy (non-hydrogen) atoms. The maximum atomic E-state index is 13.3. The van der Waals surface area contributed by atoms with E-state index in [1.807, 2.05) is 24.3 Å². The van der Waals surface area contributed by atoms with Crippen LogP contribution in [-0.4, -0.2) is 47.2 Å². The minimum Gasteiger partial charge on any atom is -0.492 e. The lowest BCUT2D eigenvalue weighted by Gasteiger charge is -2.14. The third-order valence-corrected chi connectivity index (χ3v) is 5.18. The van der Waals surface area contributed by atoms with Crippen LogP contribution in [0.3, 0.4) is 0 Å². The summed E-state index contributed by atoms with van der Waals surface area (Å²) in [5.41, 5.74) is 0.789. The van der Waals surface area contributed by atoms with Crippen LogP contribution in [0.5, 0.6) is 5.75 Å². The second kappa shape index (κ2) is 7.31. The quantitative estimate of drug-likeness (QED) is 0.773. The molecule has 1 saturated carbocycles. The Labute approximate surface area is 151 Å². The number of ether oxygens (including phenoxy) is 1. The fourth-order valence-electron chi connectivity index (χ4n) is 3.68. The van der Waals surface area contributed by atoms with Gasteiger partial charge in [-0.2, -0.15) is 4.98 Å². The molecule has 1 atom stereocenters. The van der Waals surface area contributed by atoms with Gasteiger partial charge in [0.05, 0.1) is 0 Å². The van der Waals surface area contributed by atoms with Crippen molar-refractivity contribution in [3.05, 3.63) is 30.2 Å². The van der Waals surface area contributed by atoms with Gasteiger partial charge in [-0.3, -0.25) is 4.90 Å². The van der Waals surface area contributed by atoms with E-state index < -0.39 is 5.92 Å². The molecule has 2 aliphatic rings. The van der Waals surface area contributed by atoms with Gasteiger partial charge in [-0.05, 0) is 56.6 Å². The molecule has 1 aromatic carbocycles. The number of alkyl halides is 2. The van der Waals surface area contributed by atoms with Gasteiger partial charge in [0.25, 0.3) is 0 Å². The van der Waals surface area contributed by atoms with Crippen molar-refractivity contribution in [1.29, 1.82) is 0 Å². The van der Waals surface area contributed by atoms with E-state index in [1.54, 1.807) is 0 Å². The summed E-state index contributed by atoms with van der Waals surface area (Å²) in [5, 5.41) is 3.94. The van der Waals surface area contributed by atoms with Crippen LogP contribution in [0.1, 0.15) is 43.9 Å². The van der Waals surface area contributed by atoms with Gasteiger partial charge in [0, 0.05) is 30.9 Å². The Bertz CT molecular complexity index is 727. The second-order valence-electron chi connectivity index (χ2n) is 7.17. The largest absolute Gasteiger partial charge is 0.492 e. The van der Waals surface area contributed by atoms with E-state index in [4.69, 9.17) is 9.26 Å². The predicted molar refractivity (Wildman–Crippen MR) is 92.4 cm³/mol. The maximum Gasteiger partial charge on any atom is 0.248 e. The lowest BCUT2D eigenvalue weighted by Crippen LogP contribution is -2.25. The van der Waals surface area contributed by atoms with Gasteiger partial charge in [-0.15, -0.1) is 0 Å². The van der Waals surface area contributed by atoms with Crippen molar-refractivity contribution in [2.24, 2.45) is 0 Å². The Morgan fingerprint density at radius 1 is 1.19 bits per heavy atom. The standard InChI is InChI=1S/C19H23F2N3O2/c20-19(21)8-7-15(13-19)18-22-17(23-26-18)14-3-5-16(6-4-14)25-12-11-24-9-1-2-10-24/h3-6,15H,1-2,7-13H2. The lowest BCUT2D eigenvalue weighted by molar-refractivity contribution is 0.00690. The monoisotopic (exact) mass is 363 g/mol. The van der Waals surface area contributed by atoms with Gasteiger partial charge in [-0.1, -0.05) is 5.16 Å². The molecule has 1 saturated heterocycles. The molecule has 0 N–H and O–H groups in total. The van der Waals surface area contributed by atoms with Gasteiger partial charge in [0.2, 0.25) is 17.6 Å². The fourth-order valence-corrected chi connectivity index (χ4v) is 3.68. The highest BCUT2D eigenvalue weighted by Gasteiger charge is 2.42. The summed E-state index contributed by atoms with van der Waals surface area (Å²) < 4.78 is 37.7. The number of aromatic nitrogens is 2. The lowest BCUT2D eigenvalue weighted by atomic mass is 10.1. The zero-order chi connectivity index (χ0) is 18.0. The van der Waals surface area contributed by atoms with Crippen molar-refractivity contribution in [1.82, 2.24) is 15.0 Å². The summed E-state index contributed by atoms with van der Waals surface area (Å²) in [6, 6.07) is 7.48. The number of halogens is 2. The van der Waals surface area contributed by atoms with Gasteiger partial charge in [0.1, 0.15) is 12.4 Å². The Morgan fingerprint density at radius 3 is 2.65 bits per heavy atom. The van der Waals surface area contributed by atoms with Crippen molar-refractivity contribution in [2.45, 2.75) is 43.9 Å². The third-order valence-electron chi connectivity index (χ3n) is 5.18. The van der Waals surface area contributed by atoms with E-state index >= 15 is 0 Å². The molecule has 2 heterocycles. The average molecular weight is 363 g/mol. The minimum absolute atomic E-state index is 0.112. The normalized spacial score (nSPS) is 22.8. The zero-order valence-corrected chi connectivity index (χ0v) is 14.7. The molecule has 7 heteroatoms. The SMILES string of the molecule is FC1(F)CCC(c2nc(-c3ccc(OCCN4CCCC4)cc3)no2)C1. The number of benzene rings is 1. The van der Waals surface area contributed by atoms with Crippen LogP contribution in [0.25, 0.3) is 11.4 Å². The van der Waals surface area contributed by atoms with Gasteiger partial charge in [-0.25, -0.2) is 8.78 Å². The number of rotatable bonds is 6. The Kier molecular flexibility index (Phi) is 4.89. The van der Waals surface area contributed by atoms with Crippen molar-refractivity contribution >= 4 is 0 Å². The first-order valence-corrected chi connectivity index (χ1v) is 9.26. The molecule has 2 aromatic rings. The number of hydrogen-bond donors (Lipinski definition) is 0. The maximum absolute atomic E-state index is 13.3. The van der Waals surface area contributed by atoms with E-state index in [1.165, 1.54) is 12.8 Å². The summed E-state index contributed by atoms with van der Waals surface area (Å²) in [6.07, 6.45) is 2.62. The summed E-state index contributed by atoms with van der Waals surface area (Å²) in [7, 11) is 0. The van der Waals surface area contributed by atoms with Gasteiger partial charge < -0.3 is 9.26 Å². The van der Waals surface area contributed by atoms with E-state index in [9.17, 15) is 8.78 Å². The molecule has 0 bridgehead atoms. The molecule has 0 radical (unpaired) electrons. The molecule has 2 fully saturated rings. The average Bonchev–Trinajstić information content (AvgIpc) is 3.36. The summed E-state index contributed by atoms with van der Waals surface area (Å²) >= 11 is 0. The zero-order valence-electron chi connectivity index (χ0n) is 14.7. The van der Waals surface area contributed by atoms with Crippen molar-refractivity contribution in [2.75, 3.05) is 26.2 Å². The molecule has 0 amide bonds. The molecule has 5 nitrogen and oxygen atoms in total. The topological polar surface area (TPSA) is 51.4 Å². The van der Waals surface area contributed by atoms with Crippen LogP contribution < -0.4 is 4.74 Å². The molecule has 1 aliphatic heterocycles. The predicted octanol–water partition coefficient (Wildman–Crippen LogP) is 4.11. The minimum atomic E-state index is -2.62. The molecule has 4 rings (SSSR count). The first-order chi connectivity index (χ1) is 12.6. The second-order valence-corrected chi connectivity index (χ2v) is 7.17. The smallest absolute Gasteiger partial charge is 0.248 e. The van der Waals surface area contributed by atoms with Crippen LogP contribution in [0.4, 0.5) is 8.78 Å². The third kappa shape index (κ3) is 4.03.